The first-order valence-corrected chi connectivity index (χ1v) is 10.1. The smallest absolute Gasteiger partial charge is 0.224 e. The Morgan fingerprint density at radius 2 is 1.88 bits per heavy atom. The van der Waals surface area contributed by atoms with Crippen molar-refractivity contribution in [1.29, 1.82) is 0 Å². The lowest BCUT2D eigenvalue weighted by atomic mass is 10.0. The zero-order valence-corrected chi connectivity index (χ0v) is 18.1. The summed E-state index contributed by atoms with van der Waals surface area (Å²) in [5.41, 5.74) is 5.09. The number of carbonyl (C=O) groups is 1. The molecular formula is C26H23FNO4. The van der Waals surface area contributed by atoms with E-state index in [9.17, 15) is 9.18 Å². The number of furan rings is 1. The van der Waals surface area contributed by atoms with Crippen LogP contribution in [0.2, 0.25) is 0 Å². The second-order valence-corrected chi connectivity index (χ2v) is 7.43. The summed E-state index contributed by atoms with van der Waals surface area (Å²) >= 11 is 0. The third kappa shape index (κ3) is 4.44. The highest BCUT2D eigenvalue weighted by Gasteiger charge is 2.26. The molecule has 0 atom stereocenters. The van der Waals surface area contributed by atoms with Gasteiger partial charge in [-0.2, -0.15) is 0 Å². The van der Waals surface area contributed by atoms with Gasteiger partial charge in [-0.15, -0.1) is 0 Å². The summed E-state index contributed by atoms with van der Waals surface area (Å²) in [4.78, 5) is 12.6. The maximum Gasteiger partial charge on any atom is 0.224 e. The average Bonchev–Trinajstić information content (AvgIpc) is 3.40. The summed E-state index contributed by atoms with van der Waals surface area (Å²) in [5, 5.41) is 2.86. The predicted octanol–water partition coefficient (Wildman–Crippen LogP) is 5.27. The molecule has 5 nitrogen and oxygen atoms in total. The lowest BCUT2D eigenvalue weighted by Gasteiger charge is -2.08. The van der Waals surface area contributed by atoms with E-state index in [1.807, 2.05) is 25.1 Å². The van der Waals surface area contributed by atoms with E-state index in [0.29, 0.717) is 23.8 Å². The Balaban J connectivity index is 1.68. The fourth-order valence-electron chi connectivity index (χ4n) is 3.81. The first-order valence-electron chi connectivity index (χ1n) is 10.1. The molecule has 1 N–H and O–H groups in total. The molecule has 0 fully saturated rings. The topological polar surface area (TPSA) is 60.7 Å². The SMILES string of the molecule is COc1[c]c(OC)cc(/C=C2/C(C)=C(CC(=O)NCc3ccco3)c3cc(F)ccc32)c1. The zero-order chi connectivity index (χ0) is 22.7. The molecule has 4 rings (SSSR count). The Morgan fingerprint density at radius 1 is 1.12 bits per heavy atom. The van der Waals surface area contributed by atoms with Gasteiger partial charge in [0.05, 0.1) is 39.5 Å². The van der Waals surface area contributed by atoms with E-state index >= 15 is 0 Å². The first-order chi connectivity index (χ1) is 15.5. The van der Waals surface area contributed by atoms with E-state index in [1.54, 1.807) is 38.7 Å². The van der Waals surface area contributed by atoms with Crippen molar-refractivity contribution in [3.8, 4) is 11.5 Å². The molecule has 1 heterocycles. The molecule has 1 amide bonds. The van der Waals surface area contributed by atoms with Crippen LogP contribution in [0.15, 0.2) is 58.7 Å². The van der Waals surface area contributed by atoms with Crippen molar-refractivity contribution in [2.24, 2.45) is 0 Å². The molecule has 3 aromatic rings. The number of amides is 1. The molecule has 32 heavy (non-hydrogen) atoms. The number of nitrogens with one attached hydrogen (secondary N) is 1. The molecular weight excluding hydrogens is 409 g/mol. The van der Waals surface area contributed by atoms with Gasteiger partial charge in [0.1, 0.15) is 23.1 Å². The summed E-state index contributed by atoms with van der Waals surface area (Å²) in [6.07, 6.45) is 3.68. The number of carbonyl (C=O) groups excluding carboxylic acids is 1. The van der Waals surface area contributed by atoms with Crippen LogP contribution >= 0.6 is 0 Å². The van der Waals surface area contributed by atoms with Gasteiger partial charge in [0.15, 0.2) is 0 Å². The van der Waals surface area contributed by atoms with Crippen LogP contribution in [-0.4, -0.2) is 20.1 Å². The van der Waals surface area contributed by atoms with Crippen LogP contribution in [0.4, 0.5) is 4.39 Å². The molecule has 6 heteroatoms. The van der Waals surface area contributed by atoms with Crippen molar-refractivity contribution in [2.75, 3.05) is 14.2 Å². The number of allylic oxidation sites excluding steroid dienone is 2. The summed E-state index contributed by atoms with van der Waals surface area (Å²) in [5.74, 6) is 1.26. The van der Waals surface area contributed by atoms with Crippen LogP contribution in [-0.2, 0) is 11.3 Å². The minimum atomic E-state index is -0.344. The van der Waals surface area contributed by atoms with Gasteiger partial charge >= 0.3 is 0 Å². The Labute approximate surface area is 186 Å². The van der Waals surface area contributed by atoms with Gasteiger partial charge in [0, 0.05) is 0 Å². The Morgan fingerprint density at radius 3 is 2.53 bits per heavy atom. The molecule has 0 spiro atoms. The van der Waals surface area contributed by atoms with Crippen molar-refractivity contribution in [3.05, 3.63) is 88.6 Å². The quantitative estimate of drug-likeness (QED) is 0.553. The van der Waals surface area contributed by atoms with Crippen LogP contribution in [0.5, 0.6) is 11.5 Å². The maximum atomic E-state index is 14.1. The van der Waals surface area contributed by atoms with E-state index < -0.39 is 0 Å². The summed E-state index contributed by atoms with van der Waals surface area (Å²) in [7, 11) is 3.14. The molecule has 1 aromatic heterocycles. The molecule has 0 saturated heterocycles. The minimum Gasteiger partial charge on any atom is -0.496 e. The van der Waals surface area contributed by atoms with Crippen molar-refractivity contribution < 1.29 is 23.1 Å². The molecule has 1 aliphatic carbocycles. The molecule has 0 bridgehead atoms. The van der Waals surface area contributed by atoms with E-state index in [1.165, 1.54) is 12.1 Å². The molecule has 1 radical (unpaired) electrons. The largest absolute Gasteiger partial charge is 0.496 e. The van der Waals surface area contributed by atoms with Gasteiger partial charge in [-0.1, -0.05) is 6.07 Å². The van der Waals surface area contributed by atoms with Gasteiger partial charge in [-0.25, -0.2) is 4.39 Å². The highest BCUT2D eigenvalue weighted by atomic mass is 19.1. The zero-order valence-electron chi connectivity index (χ0n) is 18.1. The van der Waals surface area contributed by atoms with Crippen molar-refractivity contribution in [3.63, 3.8) is 0 Å². The lowest BCUT2D eigenvalue weighted by molar-refractivity contribution is -0.120. The highest BCUT2D eigenvalue weighted by molar-refractivity contribution is 6.08. The predicted molar refractivity (Wildman–Crippen MR) is 120 cm³/mol. The molecule has 1 aliphatic rings. The molecule has 0 aliphatic heterocycles. The summed E-state index contributed by atoms with van der Waals surface area (Å²) < 4.78 is 30.0. The van der Waals surface area contributed by atoms with Gasteiger partial charge in [-0.3, -0.25) is 4.79 Å². The normalized spacial score (nSPS) is 13.9. The fraction of sp³-hybridized carbons (Fsp3) is 0.192. The molecule has 0 unspecified atom stereocenters. The number of ether oxygens (including phenoxy) is 2. The van der Waals surface area contributed by atoms with Crippen LogP contribution in [0, 0.1) is 11.9 Å². The van der Waals surface area contributed by atoms with Crippen molar-refractivity contribution >= 4 is 23.1 Å². The van der Waals surface area contributed by atoms with E-state index in [-0.39, 0.29) is 18.1 Å². The molecule has 163 valence electrons. The monoisotopic (exact) mass is 432 g/mol. The Kier molecular flexibility index (Phi) is 6.12. The molecule has 0 saturated carbocycles. The van der Waals surface area contributed by atoms with Crippen LogP contribution in [0.1, 0.15) is 35.8 Å². The number of benzene rings is 2. The minimum absolute atomic E-state index is 0.134. The number of hydrogen-bond donors (Lipinski definition) is 1. The fourth-order valence-corrected chi connectivity index (χ4v) is 3.81. The van der Waals surface area contributed by atoms with Crippen LogP contribution in [0.3, 0.4) is 0 Å². The number of hydrogen-bond acceptors (Lipinski definition) is 4. The van der Waals surface area contributed by atoms with Gasteiger partial charge < -0.3 is 19.2 Å². The van der Waals surface area contributed by atoms with Gasteiger partial charge in [0.25, 0.3) is 0 Å². The van der Waals surface area contributed by atoms with E-state index in [0.717, 1.165) is 33.4 Å². The third-order valence-electron chi connectivity index (χ3n) is 5.42. The highest BCUT2D eigenvalue weighted by Crippen LogP contribution is 2.44. The Hall–Kier alpha value is -3.80. The second kappa shape index (κ2) is 9.14. The summed E-state index contributed by atoms with van der Waals surface area (Å²) in [6, 6.07) is 14.9. The summed E-state index contributed by atoms with van der Waals surface area (Å²) in [6.45, 7) is 2.25. The van der Waals surface area contributed by atoms with Gasteiger partial charge in [0.2, 0.25) is 5.91 Å². The number of rotatable bonds is 7. The average molecular weight is 432 g/mol. The number of methoxy groups -OCH3 is 2. The molecule has 2 aromatic carbocycles. The third-order valence-corrected chi connectivity index (χ3v) is 5.42. The van der Waals surface area contributed by atoms with E-state index in [2.05, 4.69) is 11.4 Å². The maximum absolute atomic E-state index is 14.1. The first kappa shape index (κ1) is 21.4. The number of halogens is 1. The van der Waals surface area contributed by atoms with Crippen LogP contribution < -0.4 is 14.8 Å². The standard InChI is InChI=1S/C26H23FNO4/c1-16-23(11-17-9-20(30-2)13-21(10-17)31-3)22-7-6-18(27)12-25(22)24(16)14-26(29)28-15-19-5-4-8-32-19/h4-12H,14-15H2,1-3H3,(H,28,29)/b23-11-. The second-order valence-electron chi connectivity index (χ2n) is 7.43. The Bertz CT molecular complexity index is 1190. The number of fused-ring (bicyclic) bond motifs is 1. The lowest BCUT2D eigenvalue weighted by Crippen LogP contribution is -2.22. The van der Waals surface area contributed by atoms with Crippen molar-refractivity contribution in [2.45, 2.75) is 19.9 Å². The van der Waals surface area contributed by atoms with E-state index in [4.69, 9.17) is 13.9 Å². The van der Waals surface area contributed by atoms with Crippen molar-refractivity contribution in [1.82, 2.24) is 5.32 Å². The van der Waals surface area contributed by atoms with Gasteiger partial charge in [-0.05, 0) is 82.8 Å². The van der Waals surface area contributed by atoms with Crippen LogP contribution in [0.25, 0.3) is 17.2 Å².